The molecule has 0 bridgehead atoms. The molecule has 2 amide bonds. The Labute approximate surface area is 128 Å². The SMILES string of the molecule is CC(C)CNC(=O)[C@@H]1CC(=O)N(c2n[nH]c3ccccc23)C1. The second-order valence-corrected chi connectivity index (χ2v) is 6.14. The molecule has 1 saturated heterocycles. The molecule has 0 saturated carbocycles. The number of hydrogen-bond donors (Lipinski definition) is 2. The van der Waals surface area contributed by atoms with Gasteiger partial charge >= 0.3 is 0 Å². The van der Waals surface area contributed by atoms with Gasteiger partial charge in [0.05, 0.1) is 11.4 Å². The summed E-state index contributed by atoms with van der Waals surface area (Å²) in [4.78, 5) is 26.0. The molecule has 0 aliphatic carbocycles. The Balaban J connectivity index is 1.76. The van der Waals surface area contributed by atoms with Gasteiger partial charge in [-0.1, -0.05) is 26.0 Å². The third-order valence-corrected chi connectivity index (χ3v) is 3.89. The number of aromatic nitrogens is 2. The summed E-state index contributed by atoms with van der Waals surface area (Å²) in [6.45, 7) is 5.11. The molecule has 2 heterocycles. The van der Waals surface area contributed by atoms with Crippen LogP contribution >= 0.6 is 0 Å². The number of aromatic amines is 1. The van der Waals surface area contributed by atoms with Gasteiger partial charge in [0.15, 0.2) is 5.82 Å². The highest BCUT2D eigenvalue weighted by atomic mass is 16.2. The average Bonchev–Trinajstić information content (AvgIpc) is 3.08. The fraction of sp³-hybridized carbons (Fsp3) is 0.438. The first-order valence-electron chi connectivity index (χ1n) is 7.57. The van der Waals surface area contributed by atoms with E-state index in [-0.39, 0.29) is 24.2 Å². The molecule has 1 aliphatic heterocycles. The van der Waals surface area contributed by atoms with Gasteiger partial charge in [0, 0.05) is 24.9 Å². The first-order valence-corrected chi connectivity index (χ1v) is 7.57. The zero-order valence-corrected chi connectivity index (χ0v) is 12.8. The molecular weight excluding hydrogens is 280 g/mol. The quantitative estimate of drug-likeness (QED) is 0.902. The third-order valence-electron chi connectivity index (χ3n) is 3.89. The fourth-order valence-electron chi connectivity index (χ4n) is 2.69. The van der Waals surface area contributed by atoms with Gasteiger partial charge in [-0.05, 0) is 18.1 Å². The van der Waals surface area contributed by atoms with Crippen LogP contribution in [0.5, 0.6) is 0 Å². The van der Waals surface area contributed by atoms with E-state index in [1.165, 1.54) is 0 Å². The van der Waals surface area contributed by atoms with Crippen LogP contribution in [0.2, 0.25) is 0 Å². The van der Waals surface area contributed by atoms with Crippen LogP contribution < -0.4 is 10.2 Å². The van der Waals surface area contributed by atoms with Crippen LogP contribution in [0.3, 0.4) is 0 Å². The molecule has 2 N–H and O–H groups in total. The standard InChI is InChI=1S/C16H20N4O2/c1-10(2)8-17-16(22)11-7-14(21)20(9-11)15-12-5-3-4-6-13(12)18-19-15/h3-6,10-11H,7-9H2,1-2H3,(H,17,22)(H,18,19)/t11-/m1/s1. The normalized spacial score (nSPS) is 18.4. The van der Waals surface area contributed by atoms with Crippen LogP contribution in [0.15, 0.2) is 24.3 Å². The molecule has 1 atom stereocenters. The van der Waals surface area contributed by atoms with Crippen LogP contribution in [-0.4, -0.2) is 35.1 Å². The minimum atomic E-state index is -0.304. The van der Waals surface area contributed by atoms with E-state index < -0.39 is 0 Å². The van der Waals surface area contributed by atoms with Crippen molar-refractivity contribution < 1.29 is 9.59 Å². The minimum Gasteiger partial charge on any atom is -0.356 e. The van der Waals surface area contributed by atoms with E-state index in [0.717, 1.165) is 10.9 Å². The van der Waals surface area contributed by atoms with E-state index in [1.54, 1.807) is 4.90 Å². The Morgan fingerprint density at radius 1 is 1.45 bits per heavy atom. The second-order valence-electron chi connectivity index (χ2n) is 6.14. The minimum absolute atomic E-state index is 0.0515. The highest BCUT2D eigenvalue weighted by molar-refractivity contribution is 6.05. The summed E-state index contributed by atoms with van der Waals surface area (Å²) >= 11 is 0. The fourth-order valence-corrected chi connectivity index (χ4v) is 2.69. The zero-order valence-electron chi connectivity index (χ0n) is 12.8. The molecule has 3 rings (SSSR count). The number of carbonyl (C=O) groups is 2. The van der Waals surface area contributed by atoms with E-state index in [0.29, 0.717) is 24.8 Å². The van der Waals surface area contributed by atoms with E-state index in [4.69, 9.17) is 0 Å². The maximum Gasteiger partial charge on any atom is 0.229 e. The first kappa shape index (κ1) is 14.6. The number of carbonyl (C=O) groups excluding carboxylic acids is 2. The Hall–Kier alpha value is -2.37. The second kappa shape index (κ2) is 5.79. The molecule has 2 aromatic rings. The van der Waals surface area contributed by atoms with Crippen molar-refractivity contribution in [3.05, 3.63) is 24.3 Å². The third kappa shape index (κ3) is 2.68. The molecule has 1 aliphatic rings. The summed E-state index contributed by atoms with van der Waals surface area (Å²) in [6.07, 6.45) is 0.241. The molecule has 1 aromatic heterocycles. The lowest BCUT2D eigenvalue weighted by Gasteiger charge is -2.14. The van der Waals surface area contributed by atoms with E-state index >= 15 is 0 Å². The predicted octanol–water partition coefficient (Wildman–Crippen LogP) is 1.69. The van der Waals surface area contributed by atoms with Crippen molar-refractivity contribution in [2.45, 2.75) is 20.3 Å². The molecule has 0 spiro atoms. The molecule has 6 nitrogen and oxygen atoms in total. The Bertz CT molecular complexity index is 707. The number of para-hydroxylation sites is 1. The molecule has 116 valence electrons. The number of rotatable bonds is 4. The number of H-pyrrole nitrogens is 1. The summed E-state index contributed by atoms with van der Waals surface area (Å²) in [6, 6.07) is 7.67. The number of anilines is 1. The summed E-state index contributed by atoms with van der Waals surface area (Å²) in [5.41, 5.74) is 0.887. The predicted molar refractivity (Wildman–Crippen MR) is 84.4 cm³/mol. The molecule has 1 fully saturated rings. The van der Waals surface area contributed by atoms with Gasteiger partial charge in [0.1, 0.15) is 0 Å². The molecule has 0 unspecified atom stereocenters. The monoisotopic (exact) mass is 300 g/mol. The topological polar surface area (TPSA) is 78.1 Å². The zero-order chi connectivity index (χ0) is 15.7. The number of amides is 2. The van der Waals surface area contributed by atoms with Gasteiger partial charge in [-0.2, -0.15) is 5.10 Å². The van der Waals surface area contributed by atoms with Crippen LogP contribution in [0.4, 0.5) is 5.82 Å². The molecular formula is C16H20N4O2. The van der Waals surface area contributed by atoms with E-state index in [2.05, 4.69) is 15.5 Å². The summed E-state index contributed by atoms with van der Waals surface area (Å²) < 4.78 is 0. The van der Waals surface area contributed by atoms with Gasteiger partial charge in [0.2, 0.25) is 11.8 Å². The Morgan fingerprint density at radius 2 is 2.23 bits per heavy atom. The van der Waals surface area contributed by atoms with Gasteiger partial charge in [-0.25, -0.2) is 0 Å². The molecule has 1 aromatic carbocycles. The van der Waals surface area contributed by atoms with Crippen molar-refractivity contribution in [1.29, 1.82) is 0 Å². The lowest BCUT2D eigenvalue weighted by atomic mass is 10.1. The smallest absolute Gasteiger partial charge is 0.229 e. The van der Waals surface area contributed by atoms with Crippen LogP contribution in [0.1, 0.15) is 20.3 Å². The number of benzene rings is 1. The number of nitrogens with zero attached hydrogens (tertiary/aromatic N) is 2. The van der Waals surface area contributed by atoms with Gasteiger partial charge < -0.3 is 5.32 Å². The highest BCUT2D eigenvalue weighted by Crippen LogP contribution is 2.29. The number of nitrogens with one attached hydrogen (secondary N) is 2. The molecule has 22 heavy (non-hydrogen) atoms. The lowest BCUT2D eigenvalue weighted by molar-refractivity contribution is -0.126. The van der Waals surface area contributed by atoms with Crippen LogP contribution in [0.25, 0.3) is 10.9 Å². The van der Waals surface area contributed by atoms with Crippen LogP contribution in [0, 0.1) is 11.8 Å². The van der Waals surface area contributed by atoms with Crippen molar-refractivity contribution in [2.75, 3.05) is 18.0 Å². The molecule has 6 heteroatoms. The average molecular weight is 300 g/mol. The lowest BCUT2D eigenvalue weighted by Crippen LogP contribution is -2.35. The van der Waals surface area contributed by atoms with Crippen LogP contribution in [-0.2, 0) is 9.59 Å². The summed E-state index contributed by atoms with van der Waals surface area (Å²) in [7, 11) is 0. The van der Waals surface area contributed by atoms with Gasteiger partial charge in [-0.15, -0.1) is 0 Å². The van der Waals surface area contributed by atoms with Gasteiger partial charge in [-0.3, -0.25) is 19.6 Å². The van der Waals surface area contributed by atoms with E-state index in [1.807, 2.05) is 38.1 Å². The maximum atomic E-state index is 12.3. The first-order chi connectivity index (χ1) is 10.6. The van der Waals surface area contributed by atoms with Crippen molar-refractivity contribution in [2.24, 2.45) is 11.8 Å². The highest BCUT2D eigenvalue weighted by Gasteiger charge is 2.36. The Morgan fingerprint density at radius 3 is 3.00 bits per heavy atom. The van der Waals surface area contributed by atoms with Crippen molar-refractivity contribution in [3.63, 3.8) is 0 Å². The summed E-state index contributed by atoms with van der Waals surface area (Å²) in [5.74, 6) is 0.597. The van der Waals surface area contributed by atoms with Crippen molar-refractivity contribution in [1.82, 2.24) is 15.5 Å². The van der Waals surface area contributed by atoms with Crippen molar-refractivity contribution >= 4 is 28.5 Å². The number of hydrogen-bond acceptors (Lipinski definition) is 3. The van der Waals surface area contributed by atoms with Crippen molar-refractivity contribution in [3.8, 4) is 0 Å². The molecule has 0 radical (unpaired) electrons. The number of fused-ring (bicyclic) bond motifs is 1. The van der Waals surface area contributed by atoms with E-state index in [9.17, 15) is 9.59 Å². The largest absolute Gasteiger partial charge is 0.356 e. The summed E-state index contributed by atoms with van der Waals surface area (Å²) in [5, 5.41) is 11.0. The van der Waals surface area contributed by atoms with Gasteiger partial charge in [0.25, 0.3) is 0 Å². The maximum absolute atomic E-state index is 12.3. The Kier molecular flexibility index (Phi) is 3.83.